The van der Waals surface area contributed by atoms with Crippen molar-refractivity contribution in [2.45, 2.75) is 77.3 Å². The van der Waals surface area contributed by atoms with Crippen molar-refractivity contribution in [2.24, 2.45) is 5.92 Å². The van der Waals surface area contributed by atoms with Gasteiger partial charge in [-0.1, -0.05) is 43.2 Å². The Labute approximate surface area is 190 Å². The topological polar surface area (TPSA) is 66.4 Å². The maximum atomic E-state index is 13.3. The van der Waals surface area contributed by atoms with Crippen molar-refractivity contribution in [2.75, 3.05) is 11.4 Å². The number of carbonyl (C=O) groups is 2. The average molecular weight is 433 g/mol. The molecule has 1 aliphatic carbocycles. The summed E-state index contributed by atoms with van der Waals surface area (Å²) in [5, 5.41) is 0. The van der Waals surface area contributed by atoms with Gasteiger partial charge in [0.1, 0.15) is 5.82 Å². The number of likely N-dealkylation sites (tertiary alicyclic amines) is 1. The second kappa shape index (κ2) is 9.00. The van der Waals surface area contributed by atoms with Gasteiger partial charge in [0, 0.05) is 30.1 Å². The van der Waals surface area contributed by atoms with Crippen LogP contribution in [0.2, 0.25) is 0 Å². The number of aryl methyl sites for hydroxylation is 1. The number of amides is 2. The number of fused-ring (bicyclic) bond motifs is 1. The Bertz CT molecular complexity index is 1000. The summed E-state index contributed by atoms with van der Waals surface area (Å²) in [6.07, 6.45) is 8.49. The maximum Gasteiger partial charge on any atom is 0.228 e. The predicted molar refractivity (Wildman–Crippen MR) is 123 cm³/mol. The van der Waals surface area contributed by atoms with Crippen LogP contribution in [0.15, 0.2) is 30.3 Å². The molecule has 0 bridgehead atoms. The fourth-order valence-corrected chi connectivity index (χ4v) is 5.55. The Morgan fingerprint density at radius 3 is 2.53 bits per heavy atom. The molecule has 1 aromatic carbocycles. The molecule has 32 heavy (non-hydrogen) atoms. The van der Waals surface area contributed by atoms with Gasteiger partial charge in [0.25, 0.3) is 0 Å². The van der Waals surface area contributed by atoms with E-state index in [1.807, 2.05) is 47.1 Å². The normalized spacial score (nSPS) is 21.7. The Morgan fingerprint density at radius 1 is 1.00 bits per heavy atom. The number of hydrogen-bond acceptors (Lipinski definition) is 4. The van der Waals surface area contributed by atoms with E-state index in [0.717, 1.165) is 74.1 Å². The highest BCUT2D eigenvalue weighted by Crippen LogP contribution is 2.37. The first-order valence-corrected chi connectivity index (χ1v) is 12.1. The second-order valence-electron chi connectivity index (χ2n) is 9.46. The minimum atomic E-state index is -0.0866. The molecule has 3 aliphatic rings. The molecule has 1 aromatic heterocycles. The fourth-order valence-electron chi connectivity index (χ4n) is 5.55. The SMILES string of the molecule is Cc1nc([C@H]2CCCCN2C(=O)C2CCCC2)nc2c1CCC(=O)N2Cc1ccccc1. The summed E-state index contributed by atoms with van der Waals surface area (Å²) in [4.78, 5) is 40.0. The van der Waals surface area contributed by atoms with Crippen molar-refractivity contribution in [1.29, 1.82) is 0 Å². The second-order valence-corrected chi connectivity index (χ2v) is 9.46. The molecular formula is C26H32N4O2. The molecule has 1 saturated heterocycles. The van der Waals surface area contributed by atoms with Gasteiger partial charge in [-0.05, 0) is 51.0 Å². The molecule has 0 unspecified atom stereocenters. The van der Waals surface area contributed by atoms with Gasteiger partial charge in [-0.2, -0.15) is 0 Å². The number of nitrogens with zero attached hydrogens (tertiary/aromatic N) is 4. The molecule has 0 radical (unpaired) electrons. The molecule has 1 saturated carbocycles. The molecule has 2 fully saturated rings. The van der Waals surface area contributed by atoms with Gasteiger partial charge in [-0.15, -0.1) is 0 Å². The summed E-state index contributed by atoms with van der Waals surface area (Å²) in [6, 6.07) is 9.97. The van der Waals surface area contributed by atoms with Crippen LogP contribution in [0, 0.1) is 12.8 Å². The molecule has 3 heterocycles. The molecule has 168 valence electrons. The van der Waals surface area contributed by atoms with E-state index in [0.29, 0.717) is 25.2 Å². The zero-order valence-corrected chi connectivity index (χ0v) is 18.9. The largest absolute Gasteiger partial charge is 0.332 e. The lowest BCUT2D eigenvalue weighted by Gasteiger charge is -2.37. The van der Waals surface area contributed by atoms with E-state index in [1.54, 1.807) is 0 Å². The Balaban J connectivity index is 1.49. The van der Waals surface area contributed by atoms with Crippen LogP contribution in [-0.2, 0) is 22.6 Å². The van der Waals surface area contributed by atoms with Crippen LogP contribution < -0.4 is 4.90 Å². The quantitative estimate of drug-likeness (QED) is 0.713. The van der Waals surface area contributed by atoms with E-state index in [-0.39, 0.29) is 23.8 Å². The van der Waals surface area contributed by atoms with Gasteiger partial charge in [-0.25, -0.2) is 9.97 Å². The van der Waals surface area contributed by atoms with E-state index in [9.17, 15) is 9.59 Å². The van der Waals surface area contributed by atoms with E-state index >= 15 is 0 Å². The Kier molecular flexibility index (Phi) is 5.94. The van der Waals surface area contributed by atoms with E-state index in [2.05, 4.69) is 0 Å². The number of hydrogen-bond donors (Lipinski definition) is 0. The number of benzene rings is 1. The highest BCUT2D eigenvalue weighted by atomic mass is 16.2. The van der Waals surface area contributed by atoms with Crippen LogP contribution in [-0.4, -0.2) is 33.2 Å². The number of anilines is 1. The zero-order chi connectivity index (χ0) is 22.1. The third kappa shape index (κ3) is 4.03. The minimum Gasteiger partial charge on any atom is -0.332 e. The lowest BCUT2D eigenvalue weighted by molar-refractivity contribution is -0.139. The molecule has 6 nitrogen and oxygen atoms in total. The van der Waals surface area contributed by atoms with Crippen molar-refractivity contribution in [3.8, 4) is 0 Å². The van der Waals surface area contributed by atoms with E-state index in [4.69, 9.17) is 9.97 Å². The third-order valence-corrected chi connectivity index (χ3v) is 7.33. The summed E-state index contributed by atoms with van der Waals surface area (Å²) < 4.78 is 0. The van der Waals surface area contributed by atoms with Crippen LogP contribution in [0.4, 0.5) is 5.82 Å². The zero-order valence-electron chi connectivity index (χ0n) is 18.9. The van der Waals surface area contributed by atoms with Gasteiger partial charge >= 0.3 is 0 Å². The first-order valence-electron chi connectivity index (χ1n) is 12.1. The third-order valence-electron chi connectivity index (χ3n) is 7.33. The molecule has 2 amide bonds. The highest BCUT2D eigenvalue weighted by molar-refractivity contribution is 5.95. The van der Waals surface area contributed by atoms with Crippen LogP contribution in [0.3, 0.4) is 0 Å². The standard InChI is InChI=1S/C26H32N4O2/c1-18-21-14-15-23(31)30(17-19-9-3-2-4-10-19)25(21)28-24(27-18)22-13-7-8-16-29(22)26(32)20-11-5-6-12-20/h2-4,9-10,20,22H,5-8,11-17H2,1H3/t22-/m1/s1. The average Bonchev–Trinajstić information content (AvgIpc) is 3.36. The van der Waals surface area contributed by atoms with Crippen molar-refractivity contribution in [1.82, 2.24) is 14.9 Å². The highest BCUT2D eigenvalue weighted by Gasteiger charge is 2.36. The van der Waals surface area contributed by atoms with Gasteiger partial charge < -0.3 is 4.90 Å². The van der Waals surface area contributed by atoms with Crippen molar-refractivity contribution >= 4 is 17.6 Å². The Hall–Kier alpha value is -2.76. The lowest BCUT2D eigenvalue weighted by Crippen LogP contribution is -2.43. The summed E-state index contributed by atoms with van der Waals surface area (Å²) in [5.41, 5.74) is 3.09. The predicted octanol–water partition coefficient (Wildman–Crippen LogP) is 4.51. The maximum absolute atomic E-state index is 13.3. The number of rotatable bonds is 4. The van der Waals surface area contributed by atoms with Gasteiger partial charge in [0.2, 0.25) is 11.8 Å². The molecule has 0 spiro atoms. The first-order chi connectivity index (χ1) is 15.6. The van der Waals surface area contributed by atoms with Crippen molar-refractivity contribution < 1.29 is 9.59 Å². The van der Waals surface area contributed by atoms with Crippen LogP contribution >= 0.6 is 0 Å². The molecule has 2 aromatic rings. The molecule has 1 atom stereocenters. The summed E-state index contributed by atoms with van der Waals surface area (Å²) >= 11 is 0. The lowest BCUT2D eigenvalue weighted by atomic mass is 9.96. The minimum absolute atomic E-state index is 0.0866. The van der Waals surface area contributed by atoms with E-state index in [1.165, 1.54) is 0 Å². The summed E-state index contributed by atoms with van der Waals surface area (Å²) in [5.74, 6) is 1.99. The fraction of sp³-hybridized carbons (Fsp3) is 0.538. The van der Waals surface area contributed by atoms with Crippen LogP contribution in [0.25, 0.3) is 0 Å². The first kappa shape index (κ1) is 21.1. The van der Waals surface area contributed by atoms with Gasteiger partial charge in [0.05, 0.1) is 12.6 Å². The van der Waals surface area contributed by atoms with Gasteiger partial charge in [-0.3, -0.25) is 14.5 Å². The summed E-state index contributed by atoms with van der Waals surface area (Å²) in [6.45, 7) is 3.32. The van der Waals surface area contributed by atoms with Crippen LogP contribution in [0.5, 0.6) is 0 Å². The molecule has 6 heteroatoms. The molecule has 2 aliphatic heterocycles. The van der Waals surface area contributed by atoms with E-state index < -0.39 is 0 Å². The Morgan fingerprint density at radius 2 is 1.75 bits per heavy atom. The molecular weight excluding hydrogens is 400 g/mol. The smallest absolute Gasteiger partial charge is 0.228 e. The molecule has 0 N–H and O–H groups in total. The molecule has 5 rings (SSSR count). The van der Waals surface area contributed by atoms with Crippen molar-refractivity contribution in [3.05, 3.63) is 53.0 Å². The number of aromatic nitrogens is 2. The monoisotopic (exact) mass is 432 g/mol. The van der Waals surface area contributed by atoms with Crippen molar-refractivity contribution in [3.63, 3.8) is 0 Å². The number of carbonyl (C=O) groups excluding carboxylic acids is 2. The summed E-state index contributed by atoms with van der Waals surface area (Å²) in [7, 11) is 0. The van der Waals surface area contributed by atoms with Crippen LogP contribution in [0.1, 0.15) is 80.1 Å². The van der Waals surface area contributed by atoms with Gasteiger partial charge in [0.15, 0.2) is 5.82 Å². The number of piperidine rings is 1.